The third-order valence-corrected chi connectivity index (χ3v) is 6.53. The van der Waals surface area contributed by atoms with Crippen molar-refractivity contribution in [1.82, 2.24) is 9.66 Å². The molecule has 2 aromatic heterocycles. The number of rotatable bonds is 6. The molecule has 0 aliphatic rings. The van der Waals surface area contributed by atoms with Crippen molar-refractivity contribution in [3.8, 4) is 23.1 Å². The highest BCUT2D eigenvalue weighted by atomic mass is 79.9. The molecule has 5 rings (SSSR count). The van der Waals surface area contributed by atoms with E-state index in [-0.39, 0.29) is 5.56 Å². The normalized spacial score (nSPS) is 11.5. The Morgan fingerprint density at radius 2 is 1.91 bits per heavy atom. The summed E-state index contributed by atoms with van der Waals surface area (Å²) >= 11 is 7.03. The number of ether oxygens (including phenoxy) is 2. The summed E-state index contributed by atoms with van der Waals surface area (Å²) in [5.41, 5.74) is 1.64. The Balaban J connectivity index is 1.70. The Labute approximate surface area is 217 Å². The van der Waals surface area contributed by atoms with E-state index < -0.39 is 0 Å². The molecule has 0 fully saturated rings. The molecule has 0 amide bonds. The van der Waals surface area contributed by atoms with Gasteiger partial charge in [0.1, 0.15) is 5.58 Å². The zero-order valence-corrected chi connectivity index (χ0v) is 22.0. The molecule has 3 aromatic carbocycles. The third-order valence-electron chi connectivity index (χ3n) is 5.35. The van der Waals surface area contributed by atoms with Crippen LogP contribution >= 0.6 is 31.9 Å². The third kappa shape index (κ3) is 4.49. The number of methoxy groups -OCH3 is 1. The van der Waals surface area contributed by atoms with Gasteiger partial charge in [0.15, 0.2) is 17.3 Å². The smallest absolute Gasteiger partial charge is 0.282 e. The predicted octanol–water partition coefficient (Wildman–Crippen LogP) is 6.62. The van der Waals surface area contributed by atoms with E-state index in [2.05, 4.69) is 37.0 Å². The number of hydrogen-bond acceptors (Lipinski definition) is 6. The van der Waals surface area contributed by atoms with E-state index in [1.165, 1.54) is 4.68 Å². The Bertz CT molecular complexity index is 1660. The van der Waals surface area contributed by atoms with E-state index in [9.17, 15) is 4.79 Å². The molecule has 0 aliphatic carbocycles. The van der Waals surface area contributed by atoms with Crippen LogP contribution < -0.4 is 15.0 Å². The fourth-order valence-electron chi connectivity index (χ4n) is 3.71. The van der Waals surface area contributed by atoms with E-state index in [1.807, 2.05) is 37.3 Å². The average Bonchev–Trinajstić information content (AvgIpc) is 3.28. The molecular formula is C26H19Br2N3O4. The van der Waals surface area contributed by atoms with Crippen molar-refractivity contribution in [2.24, 2.45) is 5.10 Å². The molecule has 0 saturated carbocycles. The highest BCUT2D eigenvalue weighted by Gasteiger charge is 2.17. The molecule has 0 unspecified atom stereocenters. The van der Waals surface area contributed by atoms with Gasteiger partial charge in [0, 0.05) is 19.9 Å². The fourth-order valence-corrected chi connectivity index (χ4v) is 4.52. The largest absolute Gasteiger partial charge is 0.493 e. The van der Waals surface area contributed by atoms with E-state index in [0.29, 0.717) is 51.7 Å². The Kier molecular flexibility index (Phi) is 6.44. The summed E-state index contributed by atoms with van der Waals surface area (Å²) < 4.78 is 20.0. The lowest BCUT2D eigenvalue weighted by atomic mass is 10.2. The molecule has 2 heterocycles. The number of fused-ring (bicyclic) bond motifs is 2. The Morgan fingerprint density at radius 1 is 1.09 bits per heavy atom. The lowest BCUT2D eigenvalue weighted by molar-refractivity contribution is 0.311. The van der Waals surface area contributed by atoms with Crippen LogP contribution in [0.2, 0.25) is 0 Å². The standard InChI is InChI=1S/C26H19Br2N3O4/c1-3-34-23-12-16(19(28)13-22(23)33-2)14-29-31-25(30-20-7-5-4-6-18(20)26(31)32)24-11-15-10-17(27)8-9-21(15)35-24/h4-14H,3H2,1-2H3. The molecule has 35 heavy (non-hydrogen) atoms. The average molecular weight is 597 g/mol. The predicted molar refractivity (Wildman–Crippen MR) is 144 cm³/mol. The van der Waals surface area contributed by atoms with E-state index in [0.717, 1.165) is 14.3 Å². The summed E-state index contributed by atoms with van der Waals surface area (Å²) in [4.78, 5) is 18.2. The maximum absolute atomic E-state index is 13.5. The lowest BCUT2D eigenvalue weighted by Crippen LogP contribution is -2.20. The van der Waals surface area contributed by atoms with Crippen LogP contribution in [0.5, 0.6) is 11.5 Å². The van der Waals surface area contributed by atoms with Gasteiger partial charge in [-0.15, -0.1) is 0 Å². The molecule has 0 radical (unpaired) electrons. The van der Waals surface area contributed by atoms with Crippen LogP contribution in [0.4, 0.5) is 0 Å². The summed E-state index contributed by atoms with van der Waals surface area (Å²) in [5.74, 6) is 1.90. The van der Waals surface area contributed by atoms with Crippen molar-refractivity contribution in [1.29, 1.82) is 0 Å². The number of hydrogen-bond donors (Lipinski definition) is 0. The molecule has 0 bridgehead atoms. The van der Waals surface area contributed by atoms with Gasteiger partial charge in [0.25, 0.3) is 5.56 Å². The first-order chi connectivity index (χ1) is 17.0. The van der Waals surface area contributed by atoms with Crippen molar-refractivity contribution in [3.63, 3.8) is 0 Å². The minimum atomic E-state index is -0.307. The fraction of sp³-hybridized carbons (Fsp3) is 0.115. The van der Waals surface area contributed by atoms with Gasteiger partial charge in [-0.1, -0.05) is 28.1 Å². The maximum Gasteiger partial charge on any atom is 0.282 e. The zero-order chi connectivity index (χ0) is 24.5. The number of halogens is 2. The van der Waals surface area contributed by atoms with Gasteiger partial charge in [-0.3, -0.25) is 4.79 Å². The topological polar surface area (TPSA) is 78.9 Å². The van der Waals surface area contributed by atoms with E-state index in [1.54, 1.807) is 43.7 Å². The first-order valence-corrected chi connectivity index (χ1v) is 12.3. The van der Waals surface area contributed by atoms with E-state index >= 15 is 0 Å². The van der Waals surface area contributed by atoms with Crippen LogP contribution in [0, 0.1) is 0 Å². The number of nitrogens with zero attached hydrogens (tertiary/aromatic N) is 3. The Morgan fingerprint density at radius 3 is 2.71 bits per heavy atom. The quantitative estimate of drug-likeness (QED) is 0.206. The summed E-state index contributed by atoms with van der Waals surface area (Å²) in [6.07, 6.45) is 1.58. The van der Waals surface area contributed by atoms with Crippen LogP contribution in [-0.4, -0.2) is 29.6 Å². The minimum absolute atomic E-state index is 0.298. The molecule has 7 nitrogen and oxygen atoms in total. The molecule has 0 N–H and O–H groups in total. The summed E-state index contributed by atoms with van der Waals surface area (Å²) in [6.45, 7) is 2.38. The van der Waals surface area contributed by atoms with E-state index in [4.69, 9.17) is 18.9 Å². The number of aromatic nitrogens is 2. The number of benzene rings is 3. The monoisotopic (exact) mass is 595 g/mol. The van der Waals surface area contributed by atoms with Crippen molar-refractivity contribution in [2.75, 3.05) is 13.7 Å². The van der Waals surface area contributed by atoms with Crippen molar-refractivity contribution >= 4 is 59.9 Å². The van der Waals surface area contributed by atoms with Gasteiger partial charge >= 0.3 is 0 Å². The first-order valence-electron chi connectivity index (χ1n) is 10.7. The molecular weight excluding hydrogens is 578 g/mol. The van der Waals surface area contributed by atoms with Crippen LogP contribution in [0.1, 0.15) is 12.5 Å². The minimum Gasteiger partial charge on any atom is -0.493 e. The first kappa shape index (κ1) is 23.3. The summed E-state index contributed by atoms with van der Waals surface area (Å²) in [5, 5.41) is 5.86. The van der Waals surface area contributed by atoms with Crippen molar-refractivity contribution < 1.29 is 13.9 Å². The molecule has 0 saturated heterocycles. The SMILES string of the molecule is CCOc1cc(C=Nn2c(-c3cc4cc(Br)ccc4o3)nc3ccccc3c2=O)c(Br)cc1OC. The highest BCUT2D eigenvalue weighted by Crippen LogP contribution is 2.33. The molecule has 0 atom stereocenters. The van der Waals surface area contributed by atoms with Crippen LogP contribution in [0.3, 0.4) is 0 Å². The van der Waals surface area contributed by atoms with Gasteiger partial charge in [0.2, 0.25) is 5.82 Å². The second-order valence-electron chi connectivity index (χ2n) is 7.56. The van der Waals surface area contributed by atoms with Gasteiger partial charge < -0.3 is 13.9 Å². The number of furan rings is 1. The lowest BCUT2D eigenvalue weighted by Gasteiger charge is -2.11. The highest BCUT2D eigenvalue weighted by molar-refractivity contribution is 9.10. The maximum atomic E-state index is 13.5. The summed E-state index contributed by atoms with van der Waals surface area (Å²) in [7, 11) is 1.58. The van der Waals surface area contributed by atoms with Gasteiger partial charge in [-0.05, 0) is 71.4 Å². The molecule has 9 heteroatoms. The zero-order valence-electron chi connectivity index (χ0n) is 18.8. The van der Waals surface area contributed by atoms with Crippen molar-refractivity contribution in [2.45, 2.75) is 6.92 Å². The number of para-hydroxylation sites is 1. The second-order valence-corrected chi connectivity index (χ2v) is 9.33. The summed E-state index contributed by atoms with van der Waals surface area (Å²) in [6, 6.07) is 18.3. The van der Waals surface area contributed by atoms with Gasteiger partial charge in [-0.25, -0.2) is 4.98 Å². The second kappa shape index (κ2) is 9.67. The van der Waals surface area contributed by atoms with Crippen molar-refractivity contribution in [3.05, 3.63) is 85.5 Å². The van der Waals surface area contributed by atoms with Crippen LogP contribution in [0.25, 0.3) is 33.5 Å². The molecule has 5 aromatic rings. The Hall–Kier alpha value is -3.43. The van der Waals surface area contributed by atoms with Gasteiger partial charge in [0.05, 0.1) is 30.8 Å². The van der Waals surface area contributed by atoms with Gasteiger partial charge in [-0.2, -0.15) is 9.78 Å². The van der Waals surface area contributed by atoms with Crippen LogP contribution in [0.15, 0.2) is 83.9 Å². The molecule has 0 aliphatic heterocycles. The van der Waals surface area contributed by atoms with Crippen LogP contribution in [-0.2, 0) is 0 Å². The molecule has 176 valence electrons. The molecule has 0 spiro atoms.